The van der Waals surface area contributed by atoms with Gasteiger partial charge in [-0.1, -0.05) is 13.0 Å². The second-order valence-electron chi connectivity index (χ2n) is 1.15. The second-order valence-corrected chi connectivity index (χ2v) is 2.16. The van der Waals surface area contributed by atoms with E-state index in [9.17, 15) is 4.57 Å². The minimum absolute atomic E-state index is 0. The van der Waals surface area contributed by atoms with Crippen LogP contribution in [0.5, 0.6) is 0 Å². The molecule has 46 valence electrons. The van der Waals surface area contributed by atoms with E-state index in [2.05, 4.69) is 0 Å². The third-order valence-corrected chi connectivity index (χ3v) is 1.02. The van der Waals surface area contributed by atoms with Gasteiger partial charge in [-0.15, -0.1) is 0 Å². The summed E-state index contributed by atoms with van der Waals surface area (Å²) in [4.78, 5) is 8.14. The quantitative estimate of drug-likeness (QED) is 0.499. The van der Waals surface area contributed by atoms with Crippen molar-refractivity contribution in [2.75, 3.05) is 0 Å². The summed E-state index contributed by atoms with van der Waals surface area (Å²) < 4.78 is 9.86. The van der Waals surface area contributed by atoms with Crippen LogP contribution in [0, 0.1) is 0 Å². The number of hydrogen-bond acceptors (Lipinski definition) is 1. The molecular weight excluding hydrogens is 159 g/mol. The topological polar surface area (TPSA) is 37.3 Å². The maximum Gasteiger partial charge on any atom is 0.210 e. The summed E-state index contributed by atoms with van der Waals surface area (Å²) in [5.74, 6) is 1.32. The first-order valence-electron chi connectivity index (χ1n) is 2.17. The molecule has 0 fully saturated rings. The zero-order chi connectivity index (χ0) is 5.70. The molecule has 0 aromatic heterocycles. The SMILES string of the molecule is CCC=C[PH](=O)O.[Ti]. The predicted octanol–water partition coefficient (Wildman–Crippen LogP) is 1.37. The zero-order valence-electron chi connectivity index (χ0n) is 4.72. The summed E-state index contributed by atoms with van der Waals surface area (Å²) in [5.41, 5.74) is 0. The molecule has 1 unspecified atom stereocenters. The van der Waals surface area contributed by atoms with Gasteiger partial charge in [0.25, 0.3) is 0 Å². The Hall–Kier alpha value is 0.644. The average molecular weight is 168 g/mol. The molecule has 0 heterocycles. The summed E-state index contributed by atoms with van der Waals surface area (Å²) in [6.45, 7) is 1.92. The van der Waals surface area contributed by atoms with Crippen LogP contribution < -0.4 is 0 Å². The van der Waals surface area contributed by atoms with Crippen LogP contribution in [0.1, 0.15) is 13.3 Å². The molecule has 0 amide bonds. The van der Waals surface area contributed by atoms with Gasteiger partial charge < -0.3 is 4.89 Å². The Labute approximate surface area is 64.7 Å². The Balaban J connectivity index is 0. The standard InChI is InChI=1S/C4H9O2P.Ti/c1-2-3-4-7(5)6;/h3-4,7H,2H2,1H3,(H,5,6);. The molecular formula is C4H9O2PTi. The van der Waals surface area contributed by atoms with Crippen LogP contribution in [-0.4, -0.2) is 4.89 Å². The third kappa shape index (κ3) is 9.81. The smallest absolute Gasteiger partial charge is 0.210 e. The molecule has 0 bridgehead atoms. The molecule has 0 rings (SSSR count). The van der Waals surface area contributed by atoms with E-state index in [0.29, 0.717) is 0 Å². The van der Waals surface area contributed by atoms with Crippen LogP contribution in [-0.2, 0) is 26.3 Å². The molecule has 0 radical (unpaired) electrons. The zero-order valence-corrected chi connectivity index (χ0v) is 7.28. The minimum atomic E-state index is -2.33. The normalized spacial score (nSPS) is 13.2. The average Bonchev–Trinajstić information content (AvgIpc) is 1.61. The van der Waals surface area contributed by atoms with Crippen LogP contribution >= 0.6 is 8.03 Å². The van der Waals surface area contributed by atoms with Crippen molar-refractivity contribution in [3.8, 4) is 0 Å². The molecule has 0 aliphatic heterocycles. The molecule has 1 atom stereocenters. The molecule has 4 heteroatoms. The van der Waals surface area contributed by atoms with Gasteiger partial charge in [0.05, 0.1) is 0 Å². The van der Waals surface area contributed by atoms with Crippen LogP contribution in [0.15, 0.2) is 11.9 Å². The van der Waals surface area contributed by atoms with Crippen molar-refractivity contribution in [3.05, 3.63) is 11.9 Å². The van der Waals surface area contributed by atoms with E-state index in [4.69, 9.17) is 4.89 Å². The molecule has 0 saturated carbocycles. The van der Waals surface area contributed by atoms with Crippen molar-refractivity contribution in [3.63, 3.8) is 0 Å². The minimum Gasteiger partial charge on any atom is -0.344 e. The van der Waals surface area contributed by atoms with E-state index < -0.39 is 8.03 Å². The van der Waals surface area contributed by atoms with Gasteiger partial charge in [0.1, 0.15) is 0 Å². The summed E-state index contributed by atoms with van der Waals surface area (Å²) >= 11 is 0. The van der Waals surface area contributed by atoms with E-state index >= 15 is 0 Å². The maximum absolute atomic E-state index is 9.86. The molecule has 0 saturated heterocycles. The third-order valence-electron chi connectivity index (χ3n) is 0.496. The number of allylic oxidation sites excluding steroid dienone is 1. The van der Waals surface area contributed by atoms with Gasteiger partial charge in [0.15, 0.2) is 0 Å². The van der Waals surface area contributed by atoms with Crippen molar-refractivity contribution in [2.45, 2.75) is 13.3 Å². The van der Waals surface area contributed by atoms with Crippen molar-refractivity contribution >= 4 is 8.03 Å². The number of rotatable bonds is 2. The van der Waals surface area contributed by atoms with Gasteiger partial charge in [0, 0.05) is 21.7 Å². The van der Waals surface area contributed by atoms with Crippen molar-refractivity contribution in [1.29, 1.82) is 0 Å². The van der Waals surface area contributed by atoms with Crippen molar-refractivity contribution < 1.29 is 31.2 Å². The molecule has 1 N–H and O–H groups in total. The summed E-state index contributed by atoms with van der Waals surface area (Å²) in [6, 6.07) is 0. The van der Waals surface area contributed by atoms with E-state index in [1.807, 2.05) is 6.92 Å². The van der Waals surface area contributed by atoms with Crippen LogP contribution in [0.3, 0.4) is 0 Å². The fourth-order valence-electron chi connectivity index (χ4n) is 0.219. The summed E-state index contributed by atoms with van der Waals surface area (Å²) in [6.07, 6.45) is 2.51. The molecule has 8 heavy (non-hydrogen) atoms. The Morgan fingerprint density at radius 2 is 2.25 bits per heavy atom. The molecule has 2 nitrogen and oxygen atoms in total. The predicted molar refractivity (Wildman–Crippen MR) is 30.7 cm³/mol. The van der Waals surface area contributed by atoms with Crippen molar-refractivity contribution in [1.82, 2.24) is 0 Å². The van der Waals surface area contributed by atoms with Crippen LogP contribution in [0.25, 0.3) is 0 Å². The summed E-state index contributed by atoms with van der Waals surface area (Å²) in [5, 5.41) is 0. The van der Waals surface area contributed by atoms with Crippen LogP contribution in [0.4, 0.5) is 0 Å². The Morgan fingerprint density at radius 1 is 1.75 bits per heavy atom. The largest absolute Gasteiger partial charge is 0.344 e. The van der Waals surface area contributed by atoms with Gasteiger partial charge in [-0.25, -0.2) is 0 Å². The first-order valence-corrected chi connectivity index (χ1v) is 3.60. The van der Waals surface area contributed by atoms with Gasteiger partial charge in [-0.05, 0) is 12.2 Å². The first kappa shape index (κ1) is 11.4. The molecule has 0 spiro atoms. The molecule has 0 aromatic rings. The Morgan fingerprint density at radius 3 is 2.38 bits per heavy atom. The van der Waals surface area contributed by atoms with E-state index in [1.54, 1.807) is 6.08 Å². The maximum atomic E-state index is 9.86. The Kier molecular flexibility index (Phi) is 10.9. The van der Waals surface area contributed by atoms with E-state index in [0.717, 1.165) is 6.42 Å². The Bertz CT molecular complexity index is 92.0. The van der Waals surface area contributed by atoms with Gasteiger partial charge >= 0.3 is 0 Å². The molecule has 0 aromatic carbocycles. The number of hydrogen-bond donors (Lipinski definition) is 1. The second kappa shape index (κ2) is 7.64. The van der Waals surface area contributed by atoms with E-state index in [1.165, 1.54) is 5.82 Å². The van der Waals surface area contributed by atoms with E-state index in [-0.39, 0.29) is 21.7 Å². The van der Waals surface area contributed by atoms with Gasteiger partial charge in [-0.2, -0.15) is 0 Å². The molecule has 0 aliphatic rings. The fraction of sp³-hybridized carbons (Fsp3) is 0.500. The van der Waals surface area contributed by atoms with Gasteiger partial charge in [0.2, 0.25) is 8.03 Å². The summed E-state index contributed by atoms with van der Waals surface area (Å²) in [7, 11) is -2.33. The fourth-order valence-corrected chi connectivity index (χ4v) is 0.656. The van der Waals surface area contributed by atoms with Gasteiger partial charge in [-0.3, -0.25) is 4.57 Å². The monoisotopic (exact) mass is 168 g/mol. The molecule has 0 aliphatic carbocycles. The van der Waals surface area contributed by atoms with Crippen molar-refractivity contribution in [2.24, 2.45) is 0 Å². The first-order chi connectivity index (χ1) is 3.27. The van der Waals surface area contributed by atoms with Crippen LogP contribution in [0.2, 0.25) is 0 Å².